The molecule has 38 heavy (non-hydrogen) atoms. The van der Waals surface area contributed by atoms with Crippen LogP contribution in [0.3, 0.4) is 0 Å². The van der Waals surface area contributed by atoms with Gasteiger partial charge in [0.15, 0.2) is 0 Å². The molecule has 3 aromatic rings. The second-order valence-electron chi connectivity index (χ2n) is 10.1. The van der Waals surface area contributed by atoms with Crippen LogP contribution in [-0.4, -0.2) is 30.9 Å². The number of anilines is 1. The zero-order valence-electron chi connectivity index (χ0n) is 20.2. The molecule has 0 bridgehead atoms. The van der Waals surface area contributed by atoms with Crippen LogP contribution in [0.1, 0.15) is 30.9 Å². The SMILES string of the molecule is Cn1c(=O)n2n(c1=O)[C@@H]1C[C@H]3C(=O)N(c4ccc(F)c(Cl)c4)C(=O)[C@@]3(C)[C@@H](c3cc(Br)ccc3O)C1=CC2. The van der Waals surface area contributed by atoms with E-state index in [4.69, 9.17) is 11.6 Å². The highest BCUT2D eigenvalue weighted by Crippen LogP contribution is 2.62. The maximum absolute atomic E-state index is 14.2. The standard InChI is InChI=1S/C26H21BrClFN4O5/c1-26-16(22(35)32(23(26)36)13-4-5-18(29)17(28)10-13)11-19-14(21(26)15-9-12(27)3-6-20(15)34)7-8-31-24(37)30(2)25(38)33(19)31/h3-7,9-10,16,19,21,34H,8,11H2,1-2H3/t16-,19+,21+,26+/m0/s1. The lowest BCUT2D eigenvalue weighted by atomic mass is 9.56. The fourth-order valence-corrected chi connectivity index (χ4v) is 6.91. The van der Waals surface area contributed by atoms with E-state index in [-0.39, 0.29) is 29.4 Å². The van der Waals surface area contributed by atoms with Crippen LogP contribution in [0.15, 0.2) is 62.1 Å². The number of phenols is 1. The van der Waals surface area contributed by atoms with E-state index in [1.165, 1.54) is 34.6 Å². The predicted molar refractivity (Wildman–Crippen MR) is 140 cm³/mol. The molecule has 3 heterocycles. The normalized spacial score (nSPS) is 26.2. The highest BCUT2D eigenvalue weighted by Gasteiger charge is 2.65. The summed E-state index contributed by atoms with van der Waals surface area (Å²) in [6.45, 7) is 1.77. The number of halogens is 3. The van der Waals surface area contributed by atoms with Gasteiger partial charge in [0.2, 0.25) is 11.8 Å². The lowest BCUT2D eigenvalue weighted by Gasteiger charge is -2.47. The van der Waals surface area contributed by atoms with Crippen LogP contribution >= 0.6 is 27.5 Å². The molecule has 2 amide bonds. The Morgan fingerprint density at radius 2 is 1.84 bits per heavy atom. The zero-order valence-corrected chi connectivity index (χ0v) is 22.5. The molecule has 196 valence electrons. The number of phenolic OH excluding ortho intramolecular Hbond substituents is 1. The number of hydrogen-bond acceptors (Lipinski definition) is 5. The van der Waals surface area contributed by atoms with E-state index < -0.39 is 52.3 Å². The van der Waals surface area contributed by atoms with Gasteiger partial charge in [-0.05, 0) is 55.3 Å². The quantitative estimate of drug-likeness (QED) is 0.357. The third kappa shape index (κ3) is 3.14. The molecule has 1 saturated heterocycles. The van der Waals surface area contributed by atoms with E-state index >= 15 is 0 Å². The number of nitrogens with zero attached hydrogens (tertiary/aromatic N) is 4. The average Bonchev–Trinajstić information content (AvgIpc) is 3.22. The molecule has 0 spiro atoms. The van der Waals surface area contributed by atoms with Gasteiger partial charge in [0.25, 0.3) is 0 Å². The van der Waals surface area contributed by atoms with Crippen molar-refractivity contribution < 1.29 is 19.1 Å². The summed E-state index contributed by atoms with van der Waals surface area (Å²) < 4.78 is 18.2. The molecule has 3 aliphatic rings. The third-order valence-electron chi connectivity index (χ3n) is 8.19. The first-order chi connectivity index (χ1) is 18.0. The Labute approximate surface area is 228 Å². The minimum absolute atomic E-state index is 0.0763. The molecule has 12 heteroatoms. The van der Waals surface area contributed by atoms with Gasteiger partial charge < -0.3 is 5.11 Å². The Morgan fingerprint density at radius 1 is 1.11 bits per heavy atom. The molecular weight excluding hydrogens is 583 g/mol. The number of rotatable bonds is 2. The van der Waals surface area contributed by atoms with Crippen LogP contribution in [0, 0.1) is 17.2 Å². The predicted octanol–water partition coefficient (Wildman–Crippen LogP) is 3.47. The van der Waals surface area contributed by atoms with Crippen molar-refractivity contribution in [1.82, 2.24) is 13.9 Å². The summed E-state index contributed by atoms with van der Waals surface area (Å²) in [5, 5.41) is 10.7. The van der Waals surface area contributed by atoms with Gasteiger partial charge in [0, 0.05) is 23.0 Å². The number of hydrogen-bond donors (Lipinski definition) is 1. The van der Waals surface area contributed by atoms with Crippen molar-refractivity contribution in [2.24, 2.45) is 18.4 Å². The van der Waals surface area contributed by atoms with Gasteiger partial charge >= 0.3 is 11.4 Å². The average molecular weight is 604 g/mol. The number of fused-ring (bicyclic) bond motifs is 4. The van der Waals surface area contributed by atoms with Crippen LogP contribution in [-0.2, 0) is 23.2 Å². The van der Waals surface area contributed by atoms with E-state index in [0.717, 1.165) is 15.5 Å². The first-order valence-electron chi connectivity index (χ1n) is 11.9. The Bertz CT molecular complexity index is 1730. The van der Waals surface area contributed by atoms with Crippen LogP contribution in [0.25, 0.3) is 0 Å². The Morgan fingerprint density at radius 3 is 2.55 bits per heavy atom. The number of benzene rings is 2. The summed E-state index contributed by atoms with van der Waals surface area (Å²) in [6.07, 6.45) is 1.88. The summed E-state index contributed by atoms with van der Waals surface area (Å²) in [5.41, 5.74) is -1.20. The number of imide groups is 1. The molecule has 9 nitrogen and oxygen atoms in total. The van der Waals surface area contributed by atoms with Crippen molar-refractivity contribution in [1.29, 1.82) is 0 Å². The second kappa shape index (κ2) is 8.28. The van der Waals surface area contributed by atoms with Gasteiger partial charge in [-0.3, -0.25) is 9.59 Å². The molecule has 4 atom stereocenters. The van der Waals surface area contributed by atoms with E-state index in [2.05, 4.69) is 15.9 Å². The highest BCUT2D eigenvalue weighted by atomic mass is 79.9. The summed E-state index contributed by atoms with van der Waals surface area (Å²) >= 11 is 9.42. The number of amides is 2. The topological polar surface area (TPSA) is 107 Å². The van der Waals surface area contributed by atoms with Crippen molar-refractivity contribution in [3.8, 4) is 5.75 Å². The summed E-state index contributed by atoms with van der Waals surface area (Å²) in [5.74, 6) is -3.54. The van der Waals surface area contributed by atoms with E-state index in [9.17, 15) is 28.7 Å². The van der Waals surface area contributed by atoms with Crippen LogP contribution in [0.2, 0.25) is 5.02 Å². The maximum atomic E-state index is 14.2. The van der Waals surface area contributed by atoms with Crippen molar-refractivity contribution in [3.05, 3.63) is 89.9 Å². The van der Waals surface area contributed by atoms with Crippen LogP contribution in [0.5, 0.6) is 5.75 Å². The smallest absolute Gasteiger partial charge is 0.347 e. The minimum atomic E-state index is -1.36. The summed E-state index contributed by atoms with van der Waals surface area (Å²) in [7, 11) is 1.39. The number of carbonyl (C=O) groups is 2. The number of allylic oxidation sites excluding steroid dienone is 2. The van der Waals surface area contributed by atoms with Gasteiger partial charge in [0.05, 0.1) is 34.6 Å². The Hall–Kier alpha value is -3.44. The van der Waals surface area contributed by atoms with E-state index in [1.807, 2.05) is 0 Å². The van der Waals surface area contributed by atoms with E-state index in [0.29, 0.717) is 15.6 Å². The number of carbonyl (C=O) groups excluding carboxylic acids is 2. The van der Waals surface area contributed by atoms with E-state index in [1.54, 1.807) is 25.1 Å². The first kappa shape index (κ1) is 24.9. The van der Waals surface area contributed by atoms with Crippen LogP contribution in [0.4, 0.5) is 10.1 Å². The van der Waals surface area contributed by atoms with Crippen molar-refractivity contribution in [2.75, 3.05) is 4.90 Å². The van der Waals surface area contributed by atoms with Gasteiger partial charge in [0.1, 0.15) is 11.6 Å². The van der Waals surface area contributed by atoms with Crippen molar-refractivity contribution in [3.63, 3.8) is 0 Å². The molecule has 2 aromatic carbocycles. The second-order valence-corrected chi connectivity index (χ2v) is 11.4. The minimum Gasteiger partial charge on any atom is -0.508 e. The Balaban J connectivity index is 1.60. The van der Waals surface area contributed by atoms with Gasteiger partial charge in [-0.2, -0.15) is 0 Å². The lowest BCUT2D eigenvalue weighted by Crippen LogP contribution is -2.49. The molecule has 0 unspecified atom stereocenters. The number of aromatic hydroxyl groups is 1. The lowest BCUT2D eigenvalue weighted by molar-refractivity contribution is -0.129. The first-order valence-corrected chi connectivity index (χ1v) is 13.0. The molecule has 1 aliphatic carbocycles. The molecular formula is C26H21BrClFN4O5. The molecule has 1 aromatic heterocycles. The highest BCUT2D eigenvalue weighted by molar-refractivity contribution is 9.10. The monoisotopic (exact) mass is 602 g/mol. The molecule has 0 radical (unpaired) electrons. The third-order valence-corrected chi connectivity index (χ3v) is 8.97. The van der Waals surface area contributed by atoms with Gasteiger partial charge in [-0.25, -0.2) is 32.8 Å². The molecule has 1 N–H and O–H groups in total. The largest absolute Gasteiger partial charge is 0.508 e. The van der Waals surface area contributed by atoms with Gasteiger partial charge in [-0.1, -0.05) is 33.6 Å². The van der Waals surface area contributed by atoms with Crippen LogP contribution < -0.4 is 16.3 Å². The fourth-order valence-electron chi connectivity index (χ4n) is 6.36. The van der Waals surface area contributed by atoms with Gasteiger partial charge in [-0.15, -0.1) is 0 Å². The number of aromatic nitrogens is 3. The Kier molecular flexibility index (Phi) is 5.42. The molecule has 1 saturated carbocycles. The van der Waals surface area contributed by atoms with Crippen molar-refractivity contribution >= 4 is 45.0 Å². The summed E-state index contributed by atoms with van der Waals surface area (Å²) in [6, 6.07) is 7.76. The fraction of sp³-hybridized carbons (Fsp3) is 0.308. The maximum Gasteiger partial charge on any atom is 0.347 e. The summed E-state index contributed by atoms with van der Waals surface area (Å²) in [4.78, 5) is 55.0. The molecule has 2 fully saturated rings. The zero-order chi connectivity index (χ0) is 27.3. The van der Waals surface area contributed by atoms with Crippen molar-refractivity contribution in [2.45, 2.75) is 31.8 Å². The molecule has 2 aliphatic heterocycles. The molecule has 6 rings (SSSR count).